The molecule has 2 aliphatic rings. The Bertz CT molecular complexity index is 658. The molecule has 1 saturated heterocycles. The number of carbonyl (C=O) groups is 2. The van der Waals surface area contributed by atoms with Crippen LogP contribution in [0.5, 0.6) is 0 Å². The van der Waals surface area contributed by atoms with Crippen molar-refractivity contribution >= 4 is 21.9 Å². The highest BCUT2D eigenvalue weighted by molar-refractivity contribution is 7.88. The first-order valence-electron chi connectivity index (χ1n) is 10.6. The second kappa shape index (κ2) is 10.7. The molecule has 1 saturated carbocycles. The van der Waals surface area contributed by atoms with Crippen molar-refractivity contribution in [3.05, 3.63) is 0 Å². The molecule has 1 aliphatic carbocycles. The zero-order chi connectivity index (χ0) is 21.6. The number of piperidine rings is 1. The van der Waals surface area contributed by atoms with Crippen molar-refractivity contribution in [2.75, 3.05) is 26.0 Å². The first kappa shape index (κ1) is 24.1. The maximum atomic E-state index is 12.6. The van der Waals surface area contributed by atoms with Crippen LogP contribution in [0.3, 0.4) is 0 Å². The van der Waals surface area contributed by atoms with Gasteiger partial charge in [0.2, 0.25) is 10.0 Å². The summed E-state index contributed by atoms with van der Waals surface area (Å²) in [6.07, 6.45) is 6.81. The van der Waals surface area contributed by atoms with Gasteiger partial charge in [-0.25, -0.2) is 13.1 Å². The lowest BCUT2D eigenvalue weighted by Gasteiger charge is -2.42. The van der Waals surface area contributed by atoms with E-state index in [1.807, 2.05) is 0 Å². The SMILES string of the molecule is CC(=O)OCC(=O)N1CCC[C@H](NS(C)(=O)=O)[C@@H]1CO[C@H]1CC[C@@H](C(C)C)CC1. The molecule has 1 aliphatic heterocycles. The van der Waals surface area contributed by atoms with Gasteiger partial charge >= 0.3 is 5.97 Å². The van der Waals surface area contributed by atoms with Crippen LogP contribution in [0.25, 0.3) is 0 Å². The first-order valence-corrected chi connectivity index (χ1v) is 12.5. The zero-order valence-electron chi connectivity index (χ0n) is 18.1. The van der Waals surface area contributed by atoms with E-state index >= 15 is 0 Å². The molecule has 0 aromatic carbocycles. The zero-order valence-corrected chi connectivity index (χ0v) is 18.9. The topological polar surface area (TPSA) is 102 Å². The molecule has 0 spiro atoms. The van der Waals surface area contributed by atoms with Gasteiger partial charge in [-0.1, -0.05) is 13.8 Å². The van der Waals surface area contributed by atoms with E-state index in [0.717, 1.165) is 37.9 Å². The standard InChI is InChI=1S/C20H36N2O6S/c1-14(2)16-7-9-17(10-8-16)28-12-19-18(21-29(4,25)26)6-5-11-22(19)20(24)13-27-15(3)23/h14,16-19,21H,5-13H2,1-4H3/t16-,17+,18-,19-/m0/s1. The summed E-state index contributed by atoms with van der Waals surface area (Å²) in [6.45, 7) is 6.19. The normalized spacial score (nSPS) is 28.4. The highest BCUT2D eigenvalue weighted by atomic mass is 32.2. The average Bonchev–Trinajstić information content (AvgIpc) is 2.64. The molecule has 2 rings (SSSR count). The Morgan fingerprint density at radius 3 is 2.34 bits per heavy atom. The molecular formula is C20H36N2O6S. The fourth-order valence-corrected chi connectivity index (χ4v) is 5.21. The monoisotopic (exact) mass is 432 g/mol. The van der Waals surface area contributed by atoms with E-state index in [1.54, 1.807) is 4.90 Å². The summed E-state index contributed by atoms with van der Waals surface area (Å²) < 4.78 is 37.3. The van der Waals surface area contributed by atoms with Crippen molar-refractivity contribution in [2.45, 2.75) is 77.5 Å². The lowest BCUT2D eigenvalue weighted by molar-refractivity contribution is -0.153. The summed E-state index contributed by atoms with van der Waals surface area (Å²) in [5.74, 6) is 0.561. The average molecular weight is 433 g/mol. The van der Waals surface area contributed by atoms with Crippen LogP contribution in [-0.2, 0) is 29.1 Å². The molecule has 0 aromatic heterocycles. The number of carbonyl (C=O) groups excluding carboxylic acids is 2. The molecule has 0 unspecified atom stereocenters. The number of hydrogen-bond acceptors (Lipinski definition) is 6. The summed E-state index contributed by atoms with van der Waals surface area (Å²) in [4.78, 5) is 25.3. The molecular weight excluding hydrogens is 396 g/mol. The van der Waals surface area contributed by atoms with Gasteiger partial charge in [0, 0.05) is 19.5 Å². The fraction of sp³-hybridized carbons (Fsp3) is 0.900. The molecule has 0 aromatic rings. The van der Waals surface area contributed by atoms with E-state index < -0.39 is 28.1 Å². The van der Waals surface area contributed by atoms with Gasteiger partial charge in [-0.15, -0.1) is 0 Å². The third kappa shape index (κ3) is 7.86. The summed E-state index contributed by atoms with van der Waals surface area (Å²) in [7, 11) is -3.42. The lowest BCUT2D eigenvalue weighted by Crippen LogP contribution is -2.59. The summed E-state index contributed by atoms with van der Waals surface area (Å²) in [6, 6.07) is -0.823. The van der Waals surface area contributed by atoms with Crippen molar-refractivity contribution in [2.24, 2.45) is 11.8 Å². The first-order chi connectivity index (χ1) is 13.6. The van der Waals surface area contributed by atoms with Crippen molar-refractivity contribution in [1.29, 1.82) is 0 Å². The number of esters is 1. The maximum Gasteiger partial charge on any atom is 0.303 e. The Morgan fingerprint density at radius 2 is 1.79 bits per heavy atom. The van der Waals surface area contributed by atoms with Gasteiger partial charge in [0.15, 0.2) is 6.61 Å². The second-order valence-electron chi connectivity index (χ2n) is 8.69. The Balaban J connectivity index is 2.02. The van der Waals surface area contributed by atoms with Gasteiger partial charge in [0.1, 0.15) is 0 Å². The third-order valence-electron chi connectivity index (χ3n) is 6.03. The minimum atomic E-state index is -3.42. The molecule has 0 bridgehead atoms. The molecule has 1 N–H and O–H groups in total. The Labute approximate surface area is 174 Å². The van der Waals surface area contributed by atoms with E-state index in [-0.39, 0.29) is 25.2 Å². The number of likely N-dealkylation sites (tertiary alicyclic amines) is 1. The van der Waals surface area contributed by atoms with E-state index in [2.05, 4.69) is 18.6 Å². The number of nitrogens with one attached hydrogen (secondary N) is 1. The van der Waals surface area contributed by atoms with Crippen LogP contribution in [0.1, 0.15) is 59.3 Å². The van der Waals surface area contributed by atoms with Gasteiger partial charge in [-0.3, -0.25) is 9.59 Å². The Hall–Kier alpha value is -1.19. The highest BCUT2D eigenvalue weighted by Gasteiger charge is 2.37. The molecule has 1 heterocycles. The third-order valence-corrected chi connectivity index (χ3v) is 6.76. The number of ether oxygens (including phenoxy) is 2. The number of sulfonamides is 1. The molecule has 2 atom stereocenters. The van der Waals surface area contributed by atoms with Crippen LogP contribution < -0.4 is 4.72 Å². The van der Waals surface area contributed by atoms with Crippen LogP contribution in [-0.4, -0.2) is 69.4 Å². The van der Waals surface area contributed by atoms with Crippen molar-refractivity contribution < 1.29 is 27.5 Å². The summed E-state index contributed by atoms with van der Waals surface area (Å²) in [5, 5.41) is 0. The van der Waals surface area contributed by atoms with Crippen LogP contribution in [0.2, 0.25) is 0 Å². The fourth-order valence-electron chi connectivity index (χ4n) is 4.39. The molecule has 9 heteroatoms. The number of rotatable bonds is 8. The van der Waals surface area contributed by atoms with Crippen molar-refractivity contribution in [1.82, 2.24) is 9.62 Å². The predicted octanol–water partition coefficient (Wildman–Crippen LogP) is 1.69. The molecule has 1 amide bonds. The lowest BCUT2D eigenvalue weighted by atomic mass is 9.80. The minimum Gasteiger partial charge on any atom is -0.456 e. The predicted molar refractivity (Wildman–Crippen MR) is 110 cm³/mol. The van der Waals surface area contributed by atoms with E-state index in [9.17, 15) is 18.0 Å². The summed E-state index contributed by atoms with van der Waals surface area (Å²) in [5.41, 5.74) is 0. The minimum absolute atomic E-state index is 0.135. The molecule has 8 nitrogen and oxygen atoms in total. The van der Waals surface area contributed by atoms with Crippen LogP contribution in [0, 0.1) is 11.8 Å². The Kier molecular flexibility index (Phi) is 8.91. The van der Waals surface area contributed by atoms with E-state index in [1.165, 1.54) is 6.92 Å². The van der Waals surface area contributed by atoms with Crippen LogP contribution in [0.4, 0.5) is 0 Å². The maximum absolute atomic E-state index is 12.6. The number of hydrogen-bond donors (Lipinski definition) is 1. The van der Waals surface area contributed by atoms with Gasteiger partial charge in [0.25, 0.3) is 5.91 Å². The number of nitrogens with zero attached hydrogens (tertiary/aromatic N) is 1. The second-order valence-corrected chi connectivity index (χ2v) is 10.5. The van der Waals surface area contributed by atoms with Crippen LogP contribution in [0.15, 0.2) is 0 Å². The van der Waals surface area contributed by atoms with Gasteiger partial charge in [-0.2, -0.15) is 0 Å². The quantitative estimate of drug-likeness (QED) is 0.586. The van der Waals surface area contributed by atoms with Gasteiger partial charge in [0.05, 0.1) is 25.0 Å². The Morgan fingerprint density at radius 1 is 1.14 bits per heavy atom. The van der Waals surface area contributed by atoms with Crippen molar-refractivity contribution in [3.8, 4) is 0 Å². The molecule has 168 valence electrons. The van der Waals surface area contributed by atoms with Crippen molar-refractivity contribution in [3.63, 3.8) is 0 Å². The van der Waals surface area contributed by atoms with Gasteiger partial charge < -0.3 is 14.4 Å². The van der Waals surface area contributed by atoms with E-state index in [4.69, 9.17) is 9.47 Å². The summed E-state index contributed by atoms with van der Waals surface area (Å²) >= 11 is 0. The molecule has 0 radical (unpaired) electrons. The largest absolute Gasteiger partial charge is 0.456 e. The van der Waals surface area contributed by atoms with Gasteiger partial charge in [-0.05, 0) is 50.4 Å². The van der Waals surface area contributed by atoms with Crippen LogP contribution >= 0.6 is 0 Å². The molecule has 2 fully saturated rings. The number of amides is 1. The molecule has 29 heavy (non-hydrogen) atoms. The van der Waals surface area contributed by atoms with E-state index in [0.29, 0.717) is 25.3 Å². The smallest absolute Gasteiger partial charge is 0.303 e. The highest BCUT2D eigenvalue weighted by Crippen LogP contribution is 2.31.